The van der Waals surface area contributed by atoms with Gasteiger partial charge in [-0.25, -0.2) is 4.68 Å². The molecule has 2 rings (SSSR count). The van der Waals surface area contributed by atoms with Crippen LogP contribution in [0.4, 0.5) is 5.82 Å². The maximum absolute atomic E-state index is 8.85. The van der Waals surface area contributed by atoms with Gasteiger partial charge in [-0.1, -0.05) is 0 Å². The van der Waals surface area contributed by atoms with Gasteiger partial charge in [-0.05, 0) is 13.0 Å². The number of nitrogens with two attached hydrogens (primary N) is 1. The van der Waals surface area contributed by atoms with Gasteiger partial charge in [0.15, 0.2) is 0 Å². The van der Waals surface area contributed by atoms with Crippen molar-refractivity contribution >= 4 is 5.82 Å². The zero-order valence-corrected chi connectivity index (χ0v) is 9.17. The minimum atomic E-state index is 0.0262. The lowest BCUT2D eigenvalue weighted by atomic mass is 10.3. The van der Waals surface area contributed by atoms with E-state index in [1.54, 1.807) is 16.9 Å². The van der Waals surface area contributed by atoms with E-state index >= 15 is 0 Å². The van der Waals surface area contributed by atoms with Gasteiger partial charge in [-0.3, -0.25) is 4.68 Å². The van der Waals surface area contributed by atoms with Crippen LogP contribution in [0, 0.1) is 0 Å². The fraction of sp³-hybridized carbons (Fsp3) is 0.400. The average Bonchev–Trinajstić information content (AvgIpc) is 2.86. The molecule has 0 aliphatic rings. The van der Waals surface area contributed by atoms with Gasteiger partial charge in [0.25, 0.3) is 0 Å². The average molecular weight is 221 g/mol. The Kier molecular flexibility index (Phi) is 2.91. The monoisotopic (exact) mass is 221 g/mol. The van der Waals surface area contributed by atoms with Crippen LogP contribution in [0.5, 0.6) is 0 Å². The van der Waals surface area contributed by atoms with E-state index in [4.69, 9.17) is 10.8 Å². The lowest BCUT2D eigenvalue weighted by Crippen LogP contribution is -2.07. The number of rotatable bonds is 4. The van der Waals surface area contributed by atoms with Gasteiger partial charge in [0.2, 0.25) is 0 Å². The first kappa shape index (κ1) is 10.7. The molecule has 0 saturated heterocycles. The normalized spacial score (nSPS) is 10.9. The second-order valence-corrected chi connectivity index (χ2v) is 3.43. The first-order valence-corrected chi connectivity index (χ1v) is 5.22. The van der Waals surface area contributed by atoms with Crippen LogP contribution in [0.3, 0.4) is 0 Å². The molecule has 2 heterocycles. The molecular weight excluding hydrogens is 206 g/mol. The van der Waals surface area contributed by atoms with Crippen LogP contribution in [0.1, 0.15) is 6.92 Å². The molecule has 0 saturated carbocycles. The summed E-state index contributed by atoms with van der Waals surface area (Å²) in [7, 11) is 0. The predicted octanol–water partition coefficient (Wildman–Crippen LogP) is 0.341. The molecule has 0 atom stereocenters. The smallest absolute Gasteiger partial charge is 0.122 e. The Morgan fingerprint density at radius 2 is 2.25 bits per heavy atom. The summed E-state index contributed by atoms with van der Waals surface area (Å²) in [5.74, 6) is 0.549. The van der Waals surface area contributed by atoms with Crippen LogP contribution < -0.4 is 5.73 Å². The quantitative estimate of drug-likeness (QED) is 0.780. The van der Waals surface area contributed by atoms with Crippen LogP contribution in [0.2, 0.25) is 0 Å². The molecule has 0 aliphatic carbocycles. The number of nitrogen functional groups attached to an aromatic ring is 1. The summed E-state index contributed by atoms with van der Waals surface area (Å²) < 4.78 is 3.44. The third kappa shape index (κ3) is 1.79. The van der Waals surface area contributed by atoms with Gasteiger partial charge >= 0.3 is 0 Å². The maximum Gasteiger partial charge on any atom is 0.122 e. The van der Waals surface area contributed by atoms with Gasteiger partial charge in [0.1, 0.15) is 11.5 Å². The number of aromatic nitrogens is 4. The van der Waals surface area contributed by atoms with E-state index in [1.807, 2.05) is 17.7 Å². The molecule has 3 N–H and O–H groups in total. The summed E-state index contributed by atoms with van der Waals surface area (Å²) in [6, 6.07) is 3.69. The molecule has 0 bridgehead atoms. The Balaban J connectivity index is 2.37. The van der Waals surface area contributed by atoms with E-state index in [2.05, 4.69) is 10.2 Å². The van der Waals surface area contributed by atoms with Crippen LogP contribution in [0.15, 0.2) is 18.3 Å². The molecule has 6 nitrogen and oxygen atoms in total. The van der Waals surface area contributed by atoms with E-state index in [0.717, 1.165) is 17.9 Å². The zero-order chi connectivity index (χ0) is 11.5. The van der Waals surface area contributed by atoms with Crippen LogP contribution >= 0.6 is 0 Å². The molecule has 86 valence electrons. The van der Waals surface area contributed by atoms with Crippen molar-refractivity contribution in [3.8, 4) is 11.4 Å². The van der Waals surface area contributed by atoms with Crippen molar-refractivity contribution in [2.45, 2.75) is 20.0 Å². The molecular formula is C10H15N5O. The highest BCUT2D eigenvalue weighted by molar-refractivity contribution is 5.58. The standard InChI is InChI=1S/C10H15N5O/c1-2-14-9(3-4-12-14)8-7-10(11)15(13-8)5-6-16/h3-4,7,16H,2,5-6,11H2,1H3. The Labute approximate surface area is 93.3 Å². The van der Waals surface area contributed by atoms with Crippen LogP contribution in [-0.2, 0) is 13.1 Å². The van der Waals surface area contributed by atoms with Crippen molar-refractivity contribution in [1.29, 1.82) is 0 Å². The van der Waals surface area contributed by atoms with Gasteiger partial charge in [-0.2, -0.15) is 10.2 Å². The molecule has 2 aromatic heterocycles. The Bertz CT molecular complexity index is 473. The second-order valence-electron chi connectivity index (χ2n) is 3.43. The first-order chi connectivity index (χ1) is 7.76. The van der Waals surface area contributed by atoms with Crippen molar-refractivity contribution in [2.24, 2.45) is 0 Å². The number of nitrogens with zero attached hydrogens (tertiary/aromatic N) is 4. The number of aryl methyl sites for hydroxylation is 1. The van der Waals surface area contributed by atoms with Crippen LogP contribution in [-0.4, -0.2) is 31.3 Å². The number of aliphatic hydroxyl groups excluding tert-OH is 1. The first-order valence-electron chi connectivity index (χ1n) is 5.22. The Morgan fingerprint density at radius 1 is 1.44 bits per heavy atom. The van der Waals surface area contributed by atoms with Crippen molar-refractivity contribution < 1.29 is 5.11 Å². The van der Waals surface area contributed by atoms with E-state index in [1.165, 1.54) is 0 Å². The fourth-order valence-electron chi connectivity index (χ4n) is 1.63. The molecule has 0 aromatic carbocycles. The molecule has 0 radical (unpaired) electrons. The van der Waals surface area contributed by atoms with Crippen molar-refractivity contribution in [2.75, 3.05) is 12.3 Å². The zero-order valence-electron chi connectivity index (χ0n) is 9.17. The SMILES string of the molecule is CCn1nccc1-c1cc(N)n(CCO)n1. The van der Waals surface area contributed by atoms with Gasteiger partial charge < -0.3 is 10.8 Å². The molecule has 0 unspecified atom stereocenters. The molecule has 6 heteroatoms. The molecule has 0 fully saturated rings. The number of anilines is 1. The highest BCUT2D eigenvalue weighted by Gasteiger charge is 2.10. The minimum Gasteiger partial charge on any atom is -0.394 e. The summed E-state index contributed by atoms with van der Waals surface area (Å²) in [5, 5.41) is 17.3. The lowest BCUT2D eigenvalue weighted by molar-refractivity contribution is 0.270. The van der Waals surface area contributed by atoms with E-state index in [-0.39, 0.29) is 6.61 Å². The van der Waals surface area contributed by atoms with E-state index < -0.39 is 0 Å². The summed E-state index contributed by atoms with van der Waals surface area (Å²) in [6.45, 7) is 3.24. The summed E-state index contributed by atoms with van der Waals surface area (Å²) >= 11 is 0. The molecule has 16 heavy (non-hydrogen) atoms. The predicted molar refractivity (Wildman–Crippen MR) is 60.6 cm³/mol. The third-order valence-corrected chi connectivity index (χ3v) is 2.40. The Hall–Kier alpha value is -1.82. The van der Waals surface area contributed by atoms with E-state index in [0.29, 0.717) is 12.4 Å². The van der Waals surface area contributed by atoms with Crippen molar-refractivity contribution in [3.63, 3.8) is 0 Å². The molecule has 0 spiro atoms. The van der Waals surface area contributed by atoms with Gasteiger partial charge in [0, 0.05) is 18.8 Å². The minimum absolute atomic E-state index is 0.0262. The number of aliphatic hydroxyl groups is 1. The van der Waals surface area contributed by atoms with Gasteiger partial charge in [-0.15, -0.1) is 0 Å². The third-order valence-electron chi connectivity index (χ3n) is 2.40. The maximum atomic E-state index is 8.85. The summed E-state index contributed by atoms with van der Waals surface area (Å²) in [6.07, 6.45) is 1.74. The molecule has 0 amide bonds. The molecule has 2 aromatic rings. The van der Waals surface area contributed by atoms with E-state index in [9.17, 15) is 0 Å². The fourth-order valence-corrected chi connectivity index (χ4v) is 1.63. The molecule has 0 aliphatic heterocycles. The number of hydrogen-bond acceptors (Lipinski definition) is 4. The van der Waals surface area contributed by atoms with Gasteiger partial charge in [0.05, 0.1) is 18.8 Å². The van der Waals surface area contributed by atoms with Crippen molar-refractivity contribution in [3.05, 3.63) is 18.3 Å². The topological polar surface area (TPSA) is 81.9 Å². The van der Waals surface area contributed by atoms with Crippen molar-refractivity contribution in [1.82, 2.24) is 19.6 Å². The largest absolute Gasteiger partial charge is 0.394 e. The number of hydrogen-bond donors (Lipinski definition) is 2. The van der Waals surface area contributed by atoms with Crippen LogP contribution in [0.25, 0.3) is 11.4 Å². The Morgan fingerprint density at radius 3 is 2.94 bits per heavy atom. The highest BCUT2D eigenvalue weighted by Crippen LogP contribution is 2.19. The second kappa shape index (κ2) is 4.36. The highest BCUT2D eigenvalue weighted by atomic mass is 16.3. The summed E-state index contributed by atoms with van der Waals surface area (Å²) in [5.41, 5.74) is 7.50. The summed E-state index contributed by atoms with van der Waals surface area (Å²) in [4.78, 5) is 0. The lowest BCUT2D eigenvalue weighted by Gasteiger charge is -2.01.